The molecule has 2 rings (SSSR count). The molecular weight excluding hydrogens is 268 g/mol. The highest BCUT2D eigenvalue weighted by Crippen LogP contribution is 2.15. The molecule has 0 spiro atoms. The van der Waals surface area contributed by atoms with Crippen LogP contribution in [0.1, 0.15) is 0 Å². The number of nitrogens with two attached hydrogens (primary N) is 2. The van der Waals surface area contributed by atoms with Gasteiger partial charge >= 0.3 is 0 Å². The summed E-state index contributed by atoms with van der Waals surface area (Å²) >= 11 is 0. The number of nitrogens with zero attached hydrogens (tertiary/aromatic N) is 3. The molecule has 0 unspecified atom stereocenters. The molecule has 0 radical (unpaired) electrons. The highest BCUT2D eigenvalue weighted by molar-refractivity contribution is 5.55. The Hall–Kier alpha value is -2.45. The molecule has 0 aliphatic rings. The van der Waals surface area contributed by atoms with E-state index in [1.165, 1.54) is 0 Å². The maximum atomic E-state index is 5.47. The quantitative estimate of drug-likeness (QED) is 0.471. The smallest absolute Gasteiger partial charge is 0.233 e. The van der Waals surface area contributed by atoms with Crippen LogP contribution in [0.5, 0.6) is 0 Å². The Balaban J connectivity index is 2.17. The Morgan fingerprint density at radius 2 is 1.29 bits per heavy atom. The number of para-hydroxylation sites is 1. The van der Waals surface area contributed by atoms with Gasteiger partial charge in [0.05, 0.1) is 0 Å². The van der Waals surface area contributed by atoms with Crippen molar-refractivity contribution in [2.45, 2.75) is 0 Å². The van der Waals surface area contributed by atoms with Crippen LogP contribution < -0.4 is 27.4 Å². The van der Waals surface area contributed by atoms with Gasteiger partial charge in [-0.1, -0.05) is 18.2 Å². The van der Waals surface area contributed by atoms with Gasteiger partial charge in [0, 0.05) is 31.9 Å². The van der Waals surface area contributed by atoms with E-state index in [1.54, 1.807) is 0 Å². The second-order valence-corrected chi connectivity index (χ2v) is 4.23. The van der Waals surface area contributed by atoms with Crippen molar-refractivity contribution < 1.29 is 0 Å². The maximum Gasteiger partial charge on any atom is 0.233 e. The summed E-state index contributed by atoms with van der Waals surface area (Å²) < 4.78 is 0. The molecule has 0 bridgehead atoms. The number of hydrogen-bond acceptors (Lipinski definition) is 8. The van der Waals surface area contributed by atoms with E-state index in [1.807, 2.05) is 30.3 Å². The first-order valence-corrected chi connectivity index (χ1v) is 6.78. The van der Waals surface area contributed by atoms with E-state index in [-0.39, 0.29) is 0 Å². The van der Waals surface area contributed by atoms with Gasteiger partial charge in [0.15, 0.2) is 0 Å². The Bertz CT molecular complexity index is 519. The second kappa shape index (κ2) is 7.98. The summed E-state index contributed by atoms with van der Waals surface area (Å²) in [7, 11) is 0. The summed E-state index contributed by atoms with van der Waals surface area (Å²) in [6.45, 7) is 2.17. The first-order chi connectivity index (χ1) is 10.3. The van der Waals surface area contributed by atoms with Gasteiger partial charge in [-0.2, -0.15) is 15.0 Å². The normalized spacial score (nSPS) is 10.2. The molecule has 1 heterocycles. The summed E-state index contributed by atoms with van der Waals surface area (Å²) in [5, 5.41) is 9.21. The lowest BCUT2D eigenvalue weighted by molar-refractivity contribution is 0.948. The van der Waals surface area contributed by atoms with E-state index in [0.717, 1.165) is 5.69 Å². The molecule has 0 aliphatic heterocycles. The molecule has 1 aromatic heterocycles. The minimum Gasteiger partial charge on any atom is -0.353 e. The number of aromatic nitrogens is 3. The van der Waals surface area contributed by atoms with E-state index in [4.69, 9.17) is 11.5 Å². The number of nitrogens with one attached hydrogen (secondary N) is 3. The number of rotatable bonds is 8. The second-order valence-electron chi connectivity index (χ2n) is 4.23. The summed E-state index contributed by atoms with van der Waals surface area (Å²) in [6.07, 6.45) is 0. The molecule has 0 saturated heterocycles. The van der Waals surface area contributed by atoms with Crippen LogP contribution in [0.2, 0.25) is 0 Å². The number of benzene rings is 1. The predicted molar refractivity (Wildman–Crippen MR) is 84.6 cm³/mol. The largest absolute Gasteiger partial charge is 0.353 e. The summed E-state index contributed by atoms with van der Waals surface area (Å²) in [5.74, 6) is 1.39. The third-order valence-corrected chi connectivity index (χ3v) is 2.52. The molecule has 0 saturated carbocycles. The monoisotopic (exact) mass is 288 g/mol. The Morgan fingerprint density at radius 3 is 1.81 bits per heavy atom. The van der Waals surface area contributed by atoms with Gasteiger partial charge in [0.25, 0.3) is 0 Å². The van der Waals surface area contributed by atoms with Crippen LogP contribution in [-0.2, 0) is 0 Å². The van der Waals surface area contributed by atoms with Crippen LogP contribution in [0.4, 0.5) is 23.5 Å². The minimum atomic E-state index is 0.454. The molecule has 8 heteroatoms. The third-order valence-electron chi connectivity index (χ3n) is 2.52. The molecule has 0 fully saturated rings. The molecule has 0 atom stereocenters. The SMILES string of the molecule is NCCNc1nc(NCCN)nc(Nc2ccccc2)n1. The molecule has 1 aromatic carbocycles. The van der Waals surface area contributed by atoms with Crippen molar-refractivity contribution in [2.24, 2.45) is 11.5 Å². The molecule has 21 heavy (non-hydrogen) atoms. The van der Waals surface area contributed by atoms with E-state index in [0.29, 0.717) is 44.0 Å². The molecule has 7 N–H and O–H groups in total. The fraction of sp³-hybridized carbons (Fsp3) is 0.308. The molecule has 0 aliphatic carbocycles. The van der Waals surface area contributed by atoms with Gasteiger partial charge < -0.3 is 27.4 Å². The lowest BCUT2D eigenvalue weighted by atomic mass is 10.3. The molecular formula is C13H20N8. The van der Waals surface area contributed by atoms with Crippen LogP contribution in [0.3, 0.4) is 0 Å². The van der Waals surface area contributed by atoms with Crippen molar-refractivity contribution in [2.75, 3.05) is 42.1 Å². The Kier molecular flexibility index (Phi) is 5.68. The first-order valence-electron chi connectivity index (χ1n) is 6.78. The van der Waals surface area contributed by atoms with Crippen molar-refractivity contribution in [1.29, 1.82) is 0 Å². The van der Waals surface area contributed by atoms with Crippen LogP contribution in [0, 0.1) is 0 Å². The Morgan fingerprint density at radius 1 is 0.762 bits per heavy atom. The zero-order chi connectivity index (χ0) is 14.9. The van der Waals surface area contributed by atoms with Crippen LogP contribution in [-0.4, -0.2) is 41.1 Å². The van der Waals surface area contributed by atoms with Gasteiger partial charge in [0.1, 0.15) is 0 Å². The van der Waals surface area contributed by atoms with Crippen molar-refractivity contribution in [3.8, 4) is 0 Å². The fourth-order valence-electron chi connectivity index (χ4n) is 1.61. The predicted octanol–water partition coefficient (Wildman–Crippen LogP) is 0.356. The highest BCUT2D eigenvalue weighted by atomic mass is 15.3. The lowest BCUT2D eigenvalue weighted by Gasteiger charge is -2.10. The third kappa shape index (κ3) is 4.86. The van der Waals surface area contributed by atoms with Crippen LogP contribution in [0.25, 0.3) is 0 Å². The number of hydrogen-bond donors (Lipinski definition) is 5. The molecule has 112 valence electrons. The van der Waals surface area contributed by atoms with E-state index >= 15 is 0 Å². The Labute approximate surface area is 123 Å². The van der Waals surface area contributed by atoms with E-state index < -0.39 is 0 Å². The van der Waals surface area contributed by atoms with Gasteiger partial charge in [-0.15, -0.1) is 0 Å². The number of anilines is 4. The van der Waals surface area contributed by atoms with Gasteiger partial charge in [-0.25, -0.2) is 0 Å². The van der Waals surface area contributed by atoms with E-state index in [9.17, 15) is 0 Å². The average molecular weight is 288 g/mol. The standard InChI is InChI=1S/C13H20N8/c14-6-8-16-11-19-12(17-9-7-15)21-13(20-11)18-10-4-2-1-3-5-10/h1-5H,6-9,14-15H2,(H3,16,17,18,19,20,21). The maximum absolute atomic E-state index is 5.47. The lowest BCUT2D eigenvalue weighted by Crippen LogP contribution is -2.18. The molecule has 8 nitrogen and oxygen atoms in total. The fourth-order valence-corrected chi connectivity index (χ4v) is 1.61. The van der Waals surface area contributed by atoms with Gasteiger partial charge in [-0.05, 0) is 12.1 Å². The van der Waals surface area contributed by atoms with Gasteiger partial charge in [0.2, 0.25) is 17.8 Å². The summed E-state index contributed by atoms with van der Waals surface area (Å²) in [5.41, 5.74) is 11.9. The zero-order valence-corrected chi connectivity index (χ0v) is 11.7. The van der Waals surface area contributed by atoms with Gasteiger partial charge in [-0.3, -0.25) is 0 Å². The molecule has 2 aromatic rings. The summed E-state index contributed by atoms with van der Waals surface area (Å²) in [4.78, 5) is 12.9. The van der Waals surface area contributed by atoms with Crippen molar-refractivity contribution in [3.63, 3.8) is 0 Å². The van der Waals surface area contributed by atoms with E-state index in [2.05, 4.69) is 30.9 Å². The van der Waals surface area contributed by atoms with Crippen molar-refractivity contribution in [1.82, 2.24) is 15.0 Å². The summed E-state index contributed by atoms with van der Waals surface area (Å²) in [6, 6.07) is 9.68. The molecule has 0 amide bonds. The minimum absolute atomic E-state index is 0.454. The zero-order valence-electron chi connectivity index (χ0n) is 11.7. The van der Waals surface area contributed by atoms with Crippen LogP contribution in [0.15, 0.2) is 30.3 Å². The average Bonchev–Trinajstić information content (AvgIpc) is 2.52. The van der Waals surface area contributed by atoms with Crippen molar-refractivity contribution in [3.05, 3.63) is 30.3 Å². The first kappa shape index (κ1) is 14.9. The topological polar surface area (TPSA) is 127 Å². The highest BCUT2D eigenvalue weighted by Gasteiger charge is 2.06. The van der Waals surface area contributed by atoms with Crippen molar-refractivity contribution >= 4 is 23.5 Å². The van der Waals surface area contributed by atoms with Crippen LogP contribution >= 0.6 is 0 Å².